The smallest absolute Gasteiger partial charge is 0.206 e. The first-order chi connectivity index (χ1) is 15.6. The molecule has 9 heteroatoms. The summed E-state index contributed by atoms with van der Waals surface area (Å²) in [6, 6.07) is 13.2. The van der Waals surface area contributed by atoms with Crippen LogP contribution in [0.5, 0.6) is 0 Å². The summed E-state index contributed by atoms with van der Waals surface area (Å²) in [5.74, 6) is 0. The second-order valence-electron chi connectivity index (χ2n) is 8.25. The number of anilines is 2. The SMILES string of the molecule is CCN(CC(C)O)c1cccc(S(=O)(=O)c2cccc(N(CC(C)O)CC(O)COC)c2)c1. The summed E-state index contributed by atoms with van der Waals surface area (Å²) in [5, 5.41) is 29.8. The first-order valence-electron chi connectivity index (χ1n) is 11.1. The van der Waals surface area contributed by atoms with Gasteiger partial charge in [0.05, 0.1) is 34.7 Å². The molecule has 0 aromatic heterocycles. The van der Waals surface area contributed by atoms with Crippen molar-refractivity contribution >= 4 is 21.2 Å². The maximum Gasteiger partial charge on any atom is 0.206 e. The molecule has 3 N–H and O–H groups in total. The predicted octanol–water partition coefficient (Wildman–Crippen LogP) is 1.92. The molecule has 0 radical (unpaired) electrons. The minimum atomic E-state index is -3.82. The molecule has 2 aromatic carbocycles. The number of sulfone groups is 1. The first kappa shape index (κ1) is 27.1. The van der Waals surface area contributed by atoms with Gasteiger partial charge in [-0.25, -0.2) is 8.42 Å². The van der Waals surface area contributed by atoms with E-state index in [0.717, 1.165) is 0 Å². The number of likely N-dealkylation sites (N-methyl/N-ethyl adjacent to an activating group) is 1. The van der Waals surface area contributed by atoms with Gasteiger partial charge in [0.2, 0.25) is 9.84 Å². The Bertz CT molecular complexity index is 980. The van der Waals surface area contributed by atoms with Gasteiger partial charge in [0.15, 0.2) is 0 Å². The average Bonchev–Trinajstić information content (AvgIpc) is 2.77. The van der Waals surface area contributed by atoms with Crippen molar-refractivity contribution in [2.24, 2.45) is 0 Å². The van der Waals surface area contributed by atoms with E-state index in [2.05, 4.69) is 0 Å². The number of rotatable bonds is 13. The molecule has 0 aliphatic carbocycles. The van der Waals surface area contributed by atoms with Crippen molar-refractivity contribution in [2.75, 3.05) is 49.7 Å². The highest BCUT2D eigenvalue weighted by molar-refractivity contribution is 7.91. The summed E-state index contributed by atoms with van der Waals surface area (Å²) in [6.45, 7) is 6.83. The summed E-state index contributed by atoms with van der Waals surface area (Å²) >= 11 is 0. The lowest BCUT2D eigenvalue weighted by Gasteiger charge is -2.28. The topological polar surface area (TPSA) is 111 Å². The Kier molecular flexibility index (Phi) is 10.1. The first-order valence-corrected chi connectivity index (χ1v) is 12.5. The highest BCUT2D eigenvalue weighted by Crippen LogP contribution is 2.28. The molecule has 33 heavy (non-hydrogen) atoms. The van der Waals surface area contributed by atoms with Gasteiger partial charge >= 0.3 is 0 Å². The molecule has 0 aliphatic rings. The van der Waals surface area contributed by atoms with Gasteiger partial charge in [-0.3, -0.25) is 0 Å². The molecular formula is C24H36N2O6S. The van der Waals surface area contributed by atoms with E-state index in [1.807, 2.05) is 17.9 Å². The fourth-order valence-corrected chi connectivity index (χ4v) is 5.01. The van der Waals surface area contributed by atoms with E-state index in [4.69, 9.17) is 4.74 Å². The van der Waals surface area contributed by atoms with Crippen LogP contribution in [0, 0.1) is 0 Å². The fourth-order valence-electron chi connectivity index (χ4n) is 3.67. The number of aliphatic hydroxyl groups is 3. The average molecular weight is 481 g/mol. The number of aliphatic hydroxyl groups excluding tert-OH is 3. The lowest BCUT2D eigenvalue weighted by Crippen LogP contribution is -2.39. The molecule has 3 atom stereocenters. The molecule has 8 nitrogen and oxygen atoms in total. The lowest BCUT2D eigenvalue weighted by molar-refractivity contribution is 0.0673. The van der Waals surface area contributed by atoms with Crippen molar-refractivity contribution in [3.05, 3.63) is 48.5 Å². The van der Waals surface area contributed by atoms with Crippen LogP contribution in [0.15, 0.2) is 58.3 Å². The molecule has 0 saturated carbocycles. The summed E-state index contributed by atoms with van der Waals surface area (Å²) in [5.41, 5.74) is 1.29. The van der Waals surface area contributed by atoms with Gasteiger partial charge in [-0.1, -0.05) is 12.1 Å². The zero-order valence-corrected chi connectivity index (χ0v) is 20.6. The van der Waals surface area contributed by atoms with E-state index in [-0.39, 0.29) is 29.5 Å². The largest absolute Gasteiger partial charge is 0.392 e. The molecule has 0 aliphatic heterocycles. The van der Waals surface area contributed by atoms with Gasteiger partial charge in [-0.15, -0.1) is 0 Å². The maximum atomic E-state index is 13.4. The third-order valence-electron chi connectivity index (χ3n) is 5.13. The van der Waals surface area contributed by atoms with Crippen LogP contribution >= 0.6 is 0 Å². The van der Waals surface area contributed by atoms with Crippen LogP contribution in [0.1, 0.15) is 20.8 Å². The Morgan fingerprint density at radius 2 is 1.33 bits per heavy atom. The summed E-state index contributed by atoms with van der Waals surface area (Å²) < 4.78 is 31.9. The Morgan fingerprint density at radius 3 is 1.79 bits per heavy atom. The molecule has 2 aromatic rings. The van der Waals surface area contributed by atoms with Crippen LogP contribution in [-0.4, -0.2) is 81.9 Å². The zero-order chi connectivity index (χ0) is 24.6. The molecule has 0 saturated heterocycles. The molecule has 0 heterocycles. The van der Waals surface area contributed by atoms with E-state index in [9.17, 15) is 23.7 Å². The van der Waals surface area contributed by atoms with Crippen LogP contribution in [0.4, 0.5) is 11.4 Å². The number of hydrogen-bond donors (Lipinski definition) is 3. The van der Waals surface area contributed by atoms with Gasteiger partial charge in [0, 0.05) is 44.7 Å². The molecule has 2 rings (SSSR count). The van der Waals surface area contributed by atoms with Crippen LogP contribution in [0.25, 0.3) is 0 Å². The van der Waals surface area contributed by atoms with Crippen molar-refractivity contribution < 1.29 is 28.5 Å². The van der Waals surface area contributed by atoms with E-state index < -0.39 is 28.1 Å². The Morgan fingerprint density at radius 1 is 0.848 bits per heavy atom. The third kappa shape index (κ3) is 7.68. The van der Waals surface area contributed by atoms with Crippen molar-refractivity contribution in [3.63, 3.8) is 0 Å². The number of methoxy groups -OCH3 is 1. The van der Waals surface area contributed by atoms with Crippen molar-refractivity contribution in [3.8, 4) is 0 Å². The minimum Gasteiger partial charge on any atom is -0.392 e. The maximum absolute atomic E-state index is 13.4. The van der Waals surface area contributed by atoms with E-state index in [0.29, 0.717) is 24.5 Å². The second-order valence-corrected chi connectivity index (χ2v) is 10.2. The molecule has 0 amide bonds. The molecule has 0 bridgehead atoms. The zero-order valence-electron chi connectivity index (χ0n) is 19.8. The van der Waals surface area contributed by atoms with Gasteiger partial charge in [0.1, 0.15) is 0 Å². The summed E-state index contributed by atoms with van der Waals surface area (Å²) in [7, 11) is -2.33. The fraction of sp³-hybridized carbons (Fsp3) is 0.500. The number of benzene rings is 2. The van der Waals surface area contributed by atoms with Crippen molar-refractivity contribution in [2.45, 2.75) is 48.9 Å². The quantitative estimate of drug-likeness (QED) is 0.399. The minimum absolute atomic E-state index is 0.118. The van der Waals surface area contributed by atoms with Gasteiger partial charge in [-0.2, -0.15) is 0 Å². The molecular weight excluding hydrogens is 444 g/mol. The molecule has 3 unspecified atom stereocenters. The number of ether oxygens (including phenoxy) is 1. The summed E-state index contributed by atoms with van der Waals surface area (Å²) in [6.07, 6.45) is -2.01. The van der Waals surface area contributed by atoms with Gasteiger partial charge in [-0.05, 0) is 57.2 Å². The van der Waals surface area contributed by atoms with Crippen LogP contribution in [0.2, 0.25) is 0 Å². The third-order valence-corrected chi connectivity index (χ3v) is 6.88. The number of hydrogen-bond acceptors (Lipinski definition) is 8. The molecule has 0 fully saturated rings. The Hall–Kier alpha value is -2.17. The van der Waals surface area contributed by atoms with Crippen LogP contribution in [0.3, 0.4) is 0 Å². The monoisotopic (exact) mass is 480 g/mol. The lowest BCUT2D eigenvalue weighted by atomic mass is 10.2. The van der Waals surface area contributed by atoms with Crippen molar-refractivity contribution in [1.82, 2.24) is 0 Å². The number of nitrogens with zero attached hydrogens (tertiary/aromatic N) is 2. The molecule has 0 spiro atoms. The van der Waals surface area contributed by atoms with Crippen molar-refractivity contribution in [1.29, 1.82) is 0 Å². The normalized spacial score (nSPS) is 14.5. The van der Waals surface area contributed by atoms with Gasteiger partial charge in [0.25, 0.3) is 0 Å². The standard InChI is InChI=1S/C24H36N2O6S/c1-5-25(14-18(2)27)20-8-6-10-23(12-20)33(30,31)24-11-7-9-21(13-24)26(15-19(3)28)16-22(29)17-32-4/h6-13,18-19,22,27-29H,5,14-17H2,1-4H3. The summed E-state index contributed by atoms with van der Waals surface area (Å²) in [4.78, 5) is 3.93. The van der Waals surface area contributed by atoms with E-state index in [1.54, 1.807) is 55.1 Å². The van der Waals surface area contributed by atoms with Crippen LogP contribution in [-0.2, 0) is 14.6 Å². The van der Waals surface area contributed by atoms with E-state index >= 15 is 0 Å². The predicted molar refractivity (Wildman–Crippen MR) is 130 cm³/mol. The Balaban J connectivity index is 2.40. The highest BCUT2D eigenvalue weighted by Gasteiger charge is 2.22. The highest BCUT2D eigenvalue weighted by atomic mass is 32.2. The van der Waals surface area contributed by atoms with E-state index in [1.165, 1.54) is 13.2 Å². The second kappa shape index (κ2) is 12.3. The Labute approximate surface area is 197 Å². The molecule has 184 valence electrons. The van der Waals surface area contributed by atoms with Gasteiger partial charge < -0.3 is 29.9 Å². The van der Waals surface area contributed by atoms with Crippen LogP contribution < -0.4 is 9.80 Å².